The van der Waals surface area contributed by atoms with E-state index in [0.29, 0.717) is 44.7 Å². The molecular formula is C82H139N18O16+. The summed E-state index contributed by atoms with van der Waals surface area (Å²) in [5.41, 5.74) is -10.7. The Labute approximate surface area is 685 Å². The minimum Gasteiger partial charge on any atom is -0.354 e. The molecule has 5 heterocycles. The summed E-state index contributed by atoms with van der Waals surface area (Å²) in [4.78, 5) is 228. The number of nitrogens with zero attached hydrogens (tertiary/aromatic N) is 5. The first-order valence-corrected chi connectivity index (χ1v) is 42.2. The van der Waals surface area contributed by atoms with Crippen LogP contribution in [0.3, 0.4) is 0 Å². The van der Waals surface area contributed by atoms with Gasteiger partial charge >= 0.3 is 0 Å². The van der Waals surface area contributed by atoms with Crippen molar-refractivity contribution in [2.75, 3.05) is 65.4 Å². The summed E-state index contributed by atoms with van der Waals surface area (Å²) in [5.74, 6) is -8.50. The second-order valence-corrected chi connectivity index (χ2v) is 36.8. The van der Waals surface area contributed by atoms with Gasteiger partial charge in [-0.3, -0.25) is 86.2 Å². The molecule has 5 aliphatic heterocycles. The lowest BCUT2D eigenvalue weighted by Crippen LogP contribution is -2.67. The number of amidine groups is 1. The third-order valence-corrected chi connectivity index (χ3v) is 23.4. The maximum atomic E-state index is 14.5. The monoisotopic (exact) mass is 1630 g/mol. The first-order valence-electron chi connectivity index (χ1n) is 42.2. The molecule has 16 amide bonds. The van der Waals surface area contributed by atoms with Crippen molar-refractivity contribution < 1.29 is 81.3 Å². The maximum absolute atomic E-state index is 14.5. The number of nitrogens with one attached hydrogen (secondary N) is 13. The molecule has 0 aromatic heterocycles. The van der Waals surface area contributed by atoms with E-state index in [-0.39, 0.29) is 101 Å². The van der Waals surface area contributed by atoms with Crippen molar-refractivity contribution in [3.63, 3.8) is 0 Å². The van der Waals surface area contributed by atoms with Crippen LogP contribution in [0.25, 0.3) is 0 Å². The third kappa shape index (κ3) is 25.7. The number of likely N-dealkylation sites (tertiary alicyclic amines) is 3. The minimum atomic E-state index is -1.66. The first kappa shape index (κ1) is 95.8. The zero-order chi connectivity index (χ0) is 87.0. The van der Waals surface area contributed by atoms with E-state index in [9.17, 15) is 76.7 Å². The molecule has 34 nitrogen and oxygen atoms in total. The van der Waals surface area contributed by atoms with Gasteiger partial charge in [-0.2, -0.15) is 0 Å². The average molecular weight is 1630 g/mol. The van der Waals surface area contributed by atoms with Crippen LogP contribution in [0.2, 0.25) is 0 Å². The van der Waals surface area contributed by atoms with Crippen molar-refractivity contribution in [1.29, 1.82) is 0 Å². The molecule has 9 atom stereocenters. The Kier molecular flexibility index (Phi) is 33.4. The average Bonchev–Trinajstić information content (AvgIpc) is 1.66. The maximum Gasteiger partial charge on any atom is 0.248 e. The Morgan fingerprint density at radius 1 is 0.474 bits per heavy atom. The predicted molar refractivity (Wildman–Crippen MR) is 435 cm³/mol. The molecule has 116 heavy (non-hydrogen) atoms. The SMILES string of the molecule is CC[C@](C)(NC(=O)[C@H](CC(C)C)NC(=O)CNC(=O)C(C)(C)NC(=O)[C@@H]1[C@@H](C)CCN1C(=O)C(C)(C)NC(=O)C1(NC(=O)CNC(=O)CCNC(=O)[C@H](CC(C)C)NC(=O)C(C)(C)NC(=O)[C@](C)(CC)NC(=O)[C@@H]2CCCCN2C(=O)C(C)(C)NC(=O)[C@@H]2CCCCN2C(C)=O)CC1)C(=O)N[C@@H](CC(C)C)CN1CCC[N+]2=C1CCC2. The fourth-order valence-electron chi connectivity index (χ4n) is 15.8. The van der Waals surface area contributed by atoms with Gasteiger partial charge in [-0.15, -0.1) is 0 Å². The van der Waals surface area contributed by atoms with Gasteiger partial charge in [0.25, 0.3) is 0 Å². The van der Waals surface area contributed by atoms with Crippen LogP contribution >= 0.6 is 0 Å². The summed E-state index contributed by atoms with van der Waals surface area (Å²) in [6.07, 6.45) is 8.56. The Morgan fingerprint density at radius 2 is 1.00 bits per heavy atom. The van der Waals surface area contributed by atoms with Crippen LogP contribution in [0.5, 0.6) is 0 Å². The van der Waals surface area contributed by atoms with Crippen molar-refractivity contribution in [3.05, 3.63) is 0 Å². The van der Waals surface area contributed by atoms with E-state index in [4.69, 9.17) is 0 Å². The summed E-state index contributed by atoms with van der Waals surface area (Å²) in [6, 6.07) is -5.19. The predicted octanol–water partition coefficient (Wildman–Crippen LogP) is 1.05. The Balaban J connectivity index is 0.940. The van der Waals surface area contributed by atoms with Gasteiger partial charge in [-0.1, -0.05) is 62.3 Å². The molecular weight excluding hydrogens is 1490 g/mol. The van der Waals surface area contributed by atoms with E-state index in [1.54, 1.807) is 34.6 Å². The highest BCUT2D eigenvalue weighted by atomic mass is 16.2. The molecule has 1 aliphatic carbocycles. The zero-order valence-corrected chi connectivity index (χ0v) is 72.8. The number of carbonyl (C=O) groups excluding carboxylic acids is 16. The number of hydrogen-bond donors (Lipinski definition) is 13. The summed E-state index contributed by atoms with van der Waals surface area (Å²) in [6.45, 7) is 36.4. The molecule has 4 fully saturated rings. The normalized spacial score (nSPS) is 20.8. The fourth-order valence-corrected chi connectivity index (χ4v) is 15.8. The molecule has 0 unspecified atom stereocenters. The topological polar surface area (TPSA) is 445 Å². The van der Waals surface area contributed by atoms with E-state index >= 15 is 0 Å². The molecule has 0 radical (unpaired) electrons. The molecule has 6 rings (SSSR count). The summed E-state index contributed by atoms with van der Waals surface area (Å²) >= 11 is 0. The largest absolute Gasteiger partial charge is 0.354 e. The van der Waals surface area contributed by atoms with Gasteiger partial charge in [-0.05, 0) is 189 Å². The lowest BCUT2D eigenvalue weighted by molar-refractivity contribution is -0.530. The number of piperidine rings is 2. The van der Waals surface area contributed by atoms with E-state index in [2.05, 4.69) is 92.4 Å². The van der Waals surface area contributed by atoms with Crippen LogP contribution in [-0.2, 0) is 76.7 Å². The second kappa shape index (κ2) is 40.4. The van der Waals surface area contributed by atoms with Crippen LogP contribution < -0.4 is 69.1 Å². The van der Waals surface area contributed by atoms with Crippen molar-refractivity contribution in [1.82, 2.24) is 88.7 Å². The van der Waals surface area contributed by atoms with Crippen molar-refractivity contribution >= 4 is 100 Å². The standard InChI is InChI=1S/C82H138N18O16/c1-21-80(19,71(112)86-54(43-49(3)4)48-97-39-28-38-96-37-27-31-62(96)97)92-65(106)56(45-51(7)8)87-60(103)46-85-69(110)76(11,12)91-68(109)63-52(9)33-42-100(63)75(116)79(17,18)95-73(114)82(34-35-82)89-61(104)47-84-59(102)32-36-83-64(105)55(44-50(5)6)88-70(111)77(13,14)94-72(113)81(20,22-2)93-67(108)58-30-24-26-41-99(58)74(115)78(15,16)90-66(107)57-29-23-25-40-98(57)53(10)101/h49-52,54-58,63H,21-48H2,1-20H3,(H12-,83,84,85,86,87,88,89,90,91,92,93,94,95,102,103,104,105,106,107,108,109,110,111,112,113,114)/p+1/t52-,54-,55-,56-,57-,58-,63-,80-,81-/m0/s1. The summed E-state index contributed by atoms with van der Waals surface area (Å²) in [5, 5.41) is 35.9. The Morgan fingerprint density at radius 3 is 1.59 bits per heavy atom. The van der Waals surface area contributed by atoms with Crippen LogP contribution in [0.4, 0.5) is 0 Å². The van der Waals surface area contributed by atoms with Gasteiger partial charge in [0.05, 0.1) is 45.2 Å². The smallest absolute Gasteiger partial charge is 0.248 e. The molecule has 0 aromatic rings. The molecule has 0 spiro atoms. The zero-order valence-electron chi connectivity index (χ0n) is 72.8. The highest BCUT2D eigenvalue weighted by Gasteiger charge is 2.55. The van der Waals surface area contributed by atoms with Crippen LogP contribution in [0.1, 0.15) is 254 Å². The second-order valence-electron chi connectivity index (χ2n) is 36.8. The fraction of sp³-hybridized carbons (Fsp3) is 0.793. The molecule has 652 valence electrons. The Hall–Kier alpha value is -9.01. The van der Waals surface area contributed by atoms with Crippen molar-refractivity contribution in [2.45, 2.75) is 329 Å². The highest BCUT2D eigenvalue weighted by molar-refractivity contribution is 6.03. The molecule has 0 bridgehead atoms. The molecule has 1 saturated carbocycles. The van der Waals surface area contributed by atoms with Crippen LogP contribution in [-0.4, -0.2) is 265 Å². The van der Waals surface area contributed by atoms with E-state index < -0.39 is 171 Å². The van der Waals surface area contributed by atoms with E-state index in [0.717, 1.165) is 58.2 Å². The van der Waals surface area contributed by atoms with Crippen LogP contribution in [0, 0.1) is 23.7 Å². The Bertz CT molecular complexity index is 3680. The number of amides is 16. The molecule has 6 aliphatic rings. The van der Waals surface area contributed by atoms with Gasteiger partial charge in [0.2, 0.25) is 100 Å². The number of rotatable bonds is 39. The van der Waals surface area contributed by atoms with Gasteiger partial charge in [0.15, 0.2) is 0 Å². The van der Waals surface area contributed by atoms with E-state index in [1.165, 1.54) is 75.9 Å². The number of carbonyl (C=O) groups is 16. The van der Waals surface area contributed by atoms with Gasteiger partial charge in [-0.25, -0.2) is 0 Å². The quantitative estimate of drug-likeness (QED) is 0.0383. The third-order valence-electron chi connectivity index (χ3n) is 23.4. The highest BCUT2D eigenvalue weighted by Crippen LogP contribution is 2.37. The van der Waals surface area contributed by atoms with Gasteiger partial charge in [0, 0.05) is 45.9 Å². The molecule has 0 aromatic carbocycles. The van der Waals surface area contributed by atoms with Gasteiger partial charge in [0.1, 0.15) is 75.5 Å². The number of hydrogen-bond acceptors (Lipinski definition) is 17. The summed E-state index contributed by atoms with van der Waals surface area (Å²) < 4.78 is 2.43. The minimum absolute atomic E-state index is 0.0591. The molecule has 13 N–H and O–H groups in total. The molecule has 34 heteroatoms. The van der Waals surface area contributed by atoms with Gasteiger partial charge < -0.3 is 83.8 Å². The lowest BCUT2D eigenvalue weighted by atomic mass is 9.91. The molecule has 3 saturated heterocycles. The van der Waals surface area contributed by atoms with Crippen LogP contribution in [0.15, 0.2) is 0 Å². The lowest BCUT2D eigenvalue weighted by Gasteiger charge is -2.42. The summed E-state index contributed by atoms with van der Waals surface area (Å²) in [7, 11) is 0. The van der Waals surface area contributed by atoms with E-state index in [1.807, 2.05) is 34.6 Å². The first-order chi connectivity index (χ1) is 54.0. The van der Waals surface area contributed by atoms with Crippen molar-refractivity contribution in [2.24, 2.45) is 23.7 Å². The van der Waals surface area contributed by atoms with Crippen molar-refractivity contribution in [3.8, 4) is 0 Å².